The van der Waals surface area contributed by atoms with Gasteiger partial charge in [-0.25, -0.2) is 14.8 Å². The Balaban J connectivity index is 1.82. The third-order valence-electron chi connectivity index (χ3n) is 5.39. The summed E-state index contributed by atoms with van der Waals surface area (Å²) in [6.07, 6.45) is 3.16. The highest BCUT2D eigenvalue weighted by atomic mass is 16.5. The van der Waals surface area contributed by atoms with Gasteiger partial charge in [0.1, 0.15) is 17.4 Å². The molecule has 9 heteroatoms. The van der Waals surface area contributed by atoms with Gasteiger partial charge < -0.3 is 14.6 Å². The Morgan fingerprint density at radius 1 is 1.06 bits per heavy atom. The summed E-state index contributed by atoms with van der Waals surface area (Å²) in [5.74, 6) is 2.13. The van der Waals surface area contributed by atoms with Gasteiger partial charge in [0.15, 0.2) is 11.2 Å². The predicted octanol–water partition coefficient (Wildman–Crippen LogP) is 2.65. The van der Waals surface area contributed by atoms with E-state index in [1.165, 1.54) is 0 Å². The summed E-state index contributed by atoms with van der Waals surface area (Å²) in [4.78, 5) is 36.8. The van der Waals surface area contributed by atoms with Crippen molar-refractivity contribution in [3.8, 4) is 17.1 Å². The van der Waals surface area contributed by atoms with Crippen LogP contribution in [0.1, 0.15) is 18.9 Å². The topological polar surface area (TPSA) is 107 Å². The number of methoxy groups -OCH3 is 1. The SMILES string of the molecule is CCCn1c(-c2ccc(NC)nc2)nc2c(=O)[nH]c(=O)n(CCc3ccc(OC)cc3)c21. The highest BCUT2D eigenvalue weighted by molar-refractivity contribution is 5.77. The Morgan fingerprint density at radius 3 is 2.47 bits per heavy atom. The number of pyridine rings is 1. The van der Waals surface area contributed by atoms with Crippen LogP contribution in [0.5, 0.6) is 5.75 Å². The Kier molecular flexibility index (Phi) is 6.07. The molecule has 0 saturated carbocycles. The lowest BCUT2D eigenvalue weighted by Crippen LogP contribution is -2.31. The van der Waals surface area contributed by atoms with Crippen molar-refractivity contribution in [2.24, 2.45) is 0 Å². The number of H-pyrrole nitrogens is 1. The van der Waals surface area contributed by atoms with E-state index in [2.05, 4.69) is 20.3 Å². The zero-order chi connectivity index (χ0) is 22.7. The summed E-state index contributed by atoms with van der Waals surface area (Å²) in [5, 5.41) is 2.99. The summed E-state index contributed by atoms with van der Waals surface area (Å²) in [7, 11) is 3.43. The molecule has 0 saturated heterocycles. The largest absolute Gasteiger partial charge is 0.497 e. The number of fused-ring (bicyclic) bond motifs is 1. The van der Waals surface area contributed by atoms with E-state index >= 15 is 0 Å². The van der Waals surface area contributed by atoms with Crippen LogP contribution in [0.25, 0.3) is 22.6 Å². The standard InChI is InChI=1S/C23H26N6O3/c1-4-12-28-20(16-7-10-18(24-2)25-14-16)26-19-21(30)27-23(31)29(22(19)28)13-11-15-5-8-17(32-3)9-6-15/h5-10,14H,4,11-13H2,1-3H3,(H,24,25)(H,27,30,31). The van der Waals surface area contributed by atoms with Crippen molar-refractivity contribution in [2.45, 2.75) is 32.9 Å². The summed E-state index contributed by atoms with van der Waals surface area (Å²) in [6.45, 7) is 3.07. The van der Waals surface area contributed by atoms with Crippen LogP contribution in [0, 0.1) is 0 Å². The quantitative estimate of drug-likeness (QED) is 0.442. The number of aromatic nitrogens is 5. The van der Waals surface area contributed by atoms with Crippen LogP contribution in [-0.4, -0.2) is 38.2 Å². The molecule has 1 aromatic carbocycles. The van der Waals surface area contributed by atoms with Gasteiger partial charge >= 0.3 is 5.69 Å². The average molecular weight is 435 g/mol. The number of anilines is 1. The average Bonchev–Trinajstić information content (AvgIpc) is 3.19. The Hall–Kier alpha value is -3.88. The molecule has 0 aliphatic carbocycles. The van der Waals surface area contributed by atoms with Crippen molar-refractivity contribution in [2.75, 3.05) is 19.5 Å². The van der Waals surface area contributed by atoms with E-state index in [9.17, 15) is 9.59 Å². The minimum absolute atomic E-state index is 0.250. The molecule has 0 spiro atoms. The zero-order valence-corrected chi connectivity index (χ0v) is 18.4. The first-order valence-electron chi connectivity index (χ1n) is 10.6. The molecular formula is C23H26N6O3. The smallest absolute Gasteiger partial charge is 0.330 e. The summed E-state index contributed by atoms with van der Waals surface area (Å²) < 4.78 is 8.75. The van der Waals surface area contributed by atoms with Crippen LogP contribution in [0.4, 0.5) is 5.82 Å². The fraction of sp³-hybridized carbons (Fsp3) is 0.304. The number of ether oxygens (including phenoxy) is 1. The third-order valence-corrected chi connectivity index (χ3v) is 5.39. The van der Waals surface area contributed by atoms with E-state index in [4.69, 9.17) is 4.74 Å². The molecule has 32 heavy (non-hydrogen) atoms. The second kappa shape index (κ2) is 9.09. The number of imidazole rings is 1. The molecule has 4 rings (SSSR count). The Morgan fingerprint density at radius 2 is 1.84 bits per heavy atom. The number of nitrogens with zero attached hydrogens (tertiary/aromatic N) is 4. The number of hydrogen-bond acceptors (Lipinski definition) is 6. The van der Waals surface area contributed by atoms with Gasteiger partial charge in [0.2, 0.25) is 0 Å². The first-order valence-corrected chi connectivity index (χ1v) is 10.6. The van der Waals surface area contributed by atoms with E-state index in [0.29, 0.717) is 31.0 Å². The van der Waals surface area contributed by atoms with Crippen molar-refractivity contribution in [1.29, 1.82) is 0 Å². The van der Waals surface area contributed by atoms with E-state index in [-0.39, 0.29) is 5.52 Å². The lowest BCUT2D eigenvalue weighted by Gasteiger charge is -2.13. The van der Waals surface area contributed by atoms with E-state index in [0.717, 1.165) is 29.1 Å². The number of aromatic amines is 1. The first kappa shape index (κ1) is 21.4. The van der Waals surface area contributed by atoms with Crippen molar-refractivity contribution < 1.29 is 4.74 Å². The van der Waals surface area contributed by atoms with Crippen LogP contribution in [-0.2, 0) is 19.5 Å². The van der Waals surface area contributed by atoms with Gasteiger partial charge in [-0.15, -0.1) is 0 Å². The lowest BCUT2D eigenvalue weighted by molar-refractivity contribution is 0.414. The third kappa shape index (κ3) is 4.01. The molecule has 0 fully saturated rings. The van der Waals surface area contributed by atoms with Crippen molar-refractivity contribution in [1.82, 2.24) is 24.1 Å². The second-order valence-electron chi connectivity index (χ2n) is 7.45. The Labute approximate surface area is 184 Å². The molecule has 166 valence electrons. The highest BCUT2D eigenvalue weighted by Gasteiger charge is 2.19. The minimum Gasteiger partial charge on any atom is -0.497 e. The van der Waals surface area contributed by atoms with Gasteiger partial charge in [-0.1, -0.05) is 19.1 Å². The summed E-state index contributed by atoms with van der Waals surface area (Å²) >= 11 is 0. The van der Waals surface area contributed by atoms with Gasteiger partial charge in [-0.05, 0) is 42.7 Å². The number of aryl methyl sites for hydroxylation is 3. The number of hydrogen-bond donors (Lipinski definition) is 2. The molecule has 0 atom stereocenters. The second-order valence-corrected chi connectivity index (χ2v) is 7.45. The minimum atomic E-state index is -0.485. The van der Waals surface area contributed by atoms with Gasteiger partial charge in [-0.3, -0.25) is 14.3 Å². The maximum Gasteiger partial charge on any atom is 0.330 e. The van der Waals surface area contributed by atoms with E-state index in [1.54, 1.807) is 24.9 Å². The van der Waals surface area contributed by atoms with Gasteiger partial charge in [0.05, 0.1) is 7.11 Å². The number of nitrogens with one attached hydrogen (secondary N) is 2. The molecular weight excluding hydrogens is 408 g/mol. The summed E-state index contributed by atoms with van der Waals surface area (Å²) in [5.41, 5.74) is 1.69. The molecule has 0 unspecified atom stereocenters. The van der Waals surface area contributed by atoms with Crippen LogP contribution < -0.4 is 21.3 Å². The zero-order valence-electron chi connectivity index (χ0n) is 18.4. The molecule has 0 amide bonds. The molecule has 0 aliphatic heterocycles. The van der Waals surface area contributed by atoms with Crippen molar-refractivity contribution in [3.05, 3.63) is 69.0 Å². The van der Waals surface area contributed by atoms with Gasteiger partial charge in [0, 0.05) is 31.9 Å². The molecule has 0 aliphatic rings. The number of benzene rings is 1. The van der Waals surface area contributed by atoms with Crippen LogP contribution >= 0.6 is 0 Å². The van der Waals surface area contributed by atoms with Crippen LogP contribution in [0.15, 0.2) is 52.2 Å². The first-order chi connectivity index (χ1) is 15.5. The van der Waals surface area contributed by atoms with Crippen molar-refractivity contribution in [3.63, 3.8) is 0 Å². The maximum absolute atomic E-state index is 12.8. The molecule has 4 aromatic rings. The fourth-order valence-corrected chi connectivity index (χ4v) is 3.76. The molecule has 0 radical (unpaired) electrons. The lowest BCUT2D eigenvalue weighted by atomic mass is 10.1. The molecule has 2 N–H and O–H groups in total. The monoisotopic (exact) mass is 434 g/mol. The predicted molar refractivity (Wildman–Crippen MR) is 124 cm³/mol. The fourth-order valence-electron chi connectivity index (χ4n) is 3.76. The van der Waals surface area contributed by atoms with Crippen molar-refractivity contribution >= 4 is 17.0 Å². The molecule has 9 nitrogen and oxygen atoms in total. The summed E-state index contributed by atoms with van der Waals surface area (Å²) in [6, 6.07) is 11.5. The number of rotatable bonds is 8. The van der Waals surface area contributed by atoms with Gasteiger partial charge in [0.25, 0.3) is 5.56 Å². The van der Waals surface area contributed by atoms with Crippen LogP contribution in [0.2, 0.25) is 0 Å². The molecule has 3 aromatic heterocycles. The normalized spacial score (nSPS) is 11.1. The maximum atomic E-state index is 12.8. The molecule has 3 heterocycles. The van der Waals surface area contributed by atoms with Gasteiger partial charge in [-0.2, -0.15) is 0 Å². The van der Waals surface area contributed by atoms with Crippen LogP contribution in [0.3, 0.4) is 0 Å². The van der Waals surface area contributed by atoms with E-state index in [1.807, 2.05) is 47.9 Å². The Bertz CT molecular complexity index is 1330. The van der Waals surface area contributed by atoms with E-state index < -0.39 is 11.2 Å². The molecule has 0 bridgehead atoms. The highest BCUT2D eigenvalue weighted by Crippen LogP contribution is 2.24.